The Labute approximate surface area is 126 Å². The quantitative estimate of drug-likeness (QED) is 0.761. The molecule has 1 atom stereocenters. The lowest BCUT2D eigenvalue weighted by molar-refractivity contribution is 0.0503. The molecule has 3 rings (SSSR count). The molecule has 1 aliphatic heterocycles. The molecule has 0 saturated heterocycles. The first-order valence-corrected chi connectivity index (χ1v) is 7.36. The minimum absolute atomic E-state index is 0.122. The summed E-state index contributed by atoms with van der Waals surface area (Å²) in [6, 6.07) is 13.7. The number of aryl methyl sites for hydroxylation is 1. The highest BCUT2D eigenvalue weighted by atomic mass is 79.9. The van der Waals surface area contributed by atoms with E-state index < -0.39 is 5.60 Å². The van der Waals surface area contributed by atoms with Gasteiger partial charge in [0.2, 0.25) is 0 Å². The molecule has 0 radical (unpaired) electrons. The van der Waals surface area contributed by atoms with Gasteiger partial charge in [-0.25, -0.2) is 0 Å². The molecule has 2 aromatic rings. The largest absolute Gasteiger partial charge is 0.482 e. The van der Waals surface area contributed by atoms with E-state index in [4.69, 9.17) is 4.74 Å². The number of carbonyl (C=O) groups excluding carboxylic acids is 1. The van der Waals surface area contributed by atoms with Crippen molar-refractivity contribution in [2.24, 2.45) is 0 Å². The van der Waals surface area contributed by atoms with Crippen LogP contribution in [0.25, 0.3) is 0 Å². The third kappa shape index (κ3) is 2.27. The van der Waals surface area contributed by atoms with Crippen LogP contribution in [0, 0.1) is 6.92 Å². The predicted octanol–water partition coefficient (Wildman–Crippen LogP) is 4.64. The molecular formula is C17H15BrO2. The van der Waals surface area contributed by atoms with Crippen molar-refractivity contribution in [1.82, 2.24) is 0 Å². The standard InChI is InChI=1S/C17H15BrO2/c1-11-4-3-5-12(8-11)17(2)10-15(19)14-9-13(18)6-7-16(14)20-17/h3-9H,10H2,1-2H3. The lowest BCUT2D eigenvalue weighted by atomic mass is 9.85. The number of ether oxygens (including phenoxy) is 1. The highest BCUT2D eigenvalue weighted by Gasteiger charge is 2.38. The molecule has 1 aliphatic rings. The van der Waals surface area contributed by atoms with Crippen molar-refractivity contribution in [3.05, 3.63) is 63.6 Å². The van der Waals surface area contributed by atoms with E-state index in [1.807, 2.05) is 50.2 Å². The Morgan fingerprint density at radius 2 is 2.00 bits per heavy atom. The smallest absolute Gasteiger partial charge is 0.170 e. The summed E-state index contributed by atoms with van der Waals surface area (Å²) >= 11 is 3.39. The fourth-order valence-corrected chi connectivity index (χ4v) is 2.99. The second kappa shape index (κ2) is 4.74. The highest BCUT2D eigenvalue weighted by Crippen LogP contribution is 2.40. The second-order valence-electron chi connectivity index (χ2n) is 5.44. The Hall–Kier alpha value is -1.61. The monoisotopic (exact) mass is 330 g/mol. The van der Waals surface area contributed by atoms with E-state index in [0.717, 1.165) is 10.0 Å². The van der Waals surface area contributed by atoms with Crippen LogP contribution >= 0.6 is 15.9 Å². The predicted molar refractivity (Wildman–Crippen MR) is 82.2 cm³/mol. The molecule has 0 aromatic heterocycles. The number of carbonyl (C=O) groups is 1. The van der Waals surface area contributed by atoms with Crippen molar-refractivity contribution in [2.75, 3.05) is 0 Å². The summed E-state index contributed by atoms with van der Waals surface area (Å²) in [5.74, 6) is 0.782. The average molecular weight is 331 g/mol. The molecule has 3 heteroatoms. The maximum atomic E-state index is 12.4. The van der Waals surface area contributed by atoms with Crippen LogP contribution in [0.2, 0.25) is 0 Å². The zero-order valence-electron chi connectivity index (χ0n) is 11.4. The minimum Gasteiger partial charge on any atom is -0.482 e. The summed E-state index contributed by atoms with van der Waals surface area (Å²) in [6.45, 7) is 4.02. The van der Waals surface area contributed by atoms with Gasteiger partial charge in [-0.3, -0.25) is 4.79 Å². The van der Waals surface area contributed by atoms with Crippen LogP contribution < -0.4 is 4.74 Å². The number of hydrogen-bond acceptors (Lipinski definition) is 2. The summed E-state index contributed by atoms with van der Waals surface area (Å²) in [6.07, 6.45) is 0.361. The van der Waals surface area contributed by atoms with Gasteiger partial charge in [-0.05, 0) is 37.6 Å². The number of Topliss-reactive ketones (excluding diaryl/α,β-unsaturated/α-hetero) is 1. The Balaban J connectivity index is 2.06. The average Bonchev–Trinajstić information content (AvgIpc) is 2.40. The SMILES string of the molecule is Cc1cccc(C2(C)CC(=O)c3cc(Br)ccc3O2)c1. The first-order valence-electron chi connectivity index (χ1n) is 6.57. The number of ketones is 1. The van der Waals surface area contributed by atoms with Crippen molar-refractivity contribution in [1.29, 1.82) is 0 Å². The van der Waals surface area contributed by atoms with Crippen LogP contribution in [-0.4, -0.2) is 5.78 Å². The maximum absolute atomic E-state index is 12.4. The van der Waals surface area contributed by atoms with E-state index in [9.17, 15) is 4.79 Å². The molecule has 1 unspecified atom stereocenters. The first kappa shape index (κ1) is 13.4. The molecular weight excluding hydrogens is 316 g/mol. The number of halogens is 1. The number of benzene rings is 2. The Bertz CT molecular complexity index is 693. The minimum atomic E-state index is -0.593. The van der Waals surface area contributed by atoms with E-state index in [2.05, 4.69) is 22.0 Å². The van der Waals surface area contributed by atoms with E-state index >= 15 is 0 Å². The van der Waals surface area contributed by atoms with Crippen molar-refractivity contribution < 1.29 is 9.53 Å². The molecule has 20 heavy (non-hydrogen) atoms. The fraction of sp³-hybridized carbons (Fsp3) is 0.235. The molecule has 2 aromatic carbocycles. The second-order valence-corrected chi connectivity index (χ2v) is 6.36. The molecule has 102 valence electrons. The van der Waals surface area contributed by atoms with E-state index in [-0.39, 0.29) is 5.78 Å². The van der Waals surface area contributed by atoms with E-state index in [1.54, 1.807) is 0 Å². The van der Waals surface area contributed by atoms with Crippen molar-refractivity contribution in [3.63, 3.8) is 0 Å². The number of rotatable bonds is 1. The number of hydrogen-bond donors (Lipinski definition) is 0. The van der Waals surface area contributed by atoms with Crippen LogP contribution in [0.5, 0.6) is 5.75 Å². The molecule has 0 amide bonds. The lowest BCUT2D eigenvalue weighted by Gasteiger charge is -2.35. The van der Waals surface area contributed by atoms with Crippen LogP contribution in [0.15, 0.2) is 46.9 Å². The summed E-state index contributed by atoms with van der Waals surface area (Å²) in [7, 11) is 0. The van der Waals surface area contributed by atoms with Gasteiger partial charge in [-0.1, -0.05) is 45.8 Å². The van der Waals surface area contributed by atoms with E-state index in [1.165, 1.54) is 5.56 Å². The zero-order valence-corrected chi connectivity index (χ0v) is 13.0. The molecule has 0 N–H and O–H groups in total. The molecule has 0 saturated carbocycles. The van der Waals surface area contributed by atoms with Gasteiger partial charge in [0.05, 0.1) is 12.0 Å². The first-order chi connectivity index (χ1) is 9.48. The lowest BCUT2D eigenvalue weighted by Crippen LogP contribution is -2.36. The Morgan fingerprint density at radius 1 is 1.20 bits per heavy atom. The fourth-order valence-electron chi connectivity index (χ4n) is 2.62. The number of fused-ring (bicyclic) bond motifs is 1. The van der Waals surface area contributed by atoms with Gasteiger partial charge in [0.25, 0.3) is 0 Å². The molecule has 0 fully saturated rings. The van der Waals surface area contributed by atoms with Crippen molar-refractivity contribution in [2.45, 2.75) is 25.9 Å². The Morgan fingerprint density at radius 3 is 2.75 bits per heavy atom. The van der Waals surface area contributed by atoms with Gasteiger partial charge in [0.15, 0.2) is 5.78 Å². The summed E-state index contributed by atoms with van der Waals surface area (Å²) in [5.41, 5.74) is 2.27. The Kier molecular flexibility index (Phi) is 3.17. The maximum Gasteiger partial charge on any atom is 0.170 e. The van der Waals surface area contributed by atoms with E-state index in [0.29, 0.717) is 17.7 Å². The van der Waals surface area contributed by atoms with Gasteiger partial charge in [0.1, 0.15) is 11.4 Å². The van der Waals surface area contributed by atoms with Gasteiger partial charge in [0, 0.05) is 4.47 Å². The highest BCUT2D eigenvalue weighted by molar-refractivity contribution is 9.10. The van der Waals surface area contributed by atoms with Gasteiger partial charge in [-0.2, -0.15) is 0 Å². The van der Waals surface area contributed by atoms with Gasteiger partial charge in [-0.15, -0.1) is 0 Å². The van der Waals surface area contributed by atoms with Crippen LogP contribution in [-0.2, 0) is 5.60 Å². The molecule has 1 heterocycles. The summed E-state index contributed by atoms with van der Waals surface area (Å²) in [5, 5.41) is 0. The molecule has 0 bridgehead atoms. The van der Waals surface area contributed by atoms with Crippen LogP contribution in [0.3, 0.4) is 0 Å². The van der Waals surface area contributed by atoms with Crippen molar-refractivity contribution in [3.8, 4) is 5.75 Å². The van der Waals surface area contributed by atoms with Crippen LogP contribution in [0.1, 0.15) is 34.8 Å². The van der Waals surface area contributed by atoms with Gasteiger partial charge < -0.3 is 4.74 Å². The normalized spacial score (nSPS) is 21.2. The molecule has 0 aliphatic carbocycles. The third-order valence-electron chi connectivity index (χ3n) is 3.70. The van der Waals surface area contributed by atoms with Gasteiger partial charge >= 0.3 is 0 Å². The van der Waals surface area contributed by atoms with Crippen LogP contribution in [0.4, 0.5) is 0 Å². The molecule has 2 nitrogen and oxygen atoms in total. The topological polar surface area (TPSA) is 26.3 Å². The zero-order chi connectivity index (χ0) is 14.3. The third-order valence-corrected chi connectivity index (χ3v) is 4.20. The summed E-state index contributed by atoms with van der Waals surface area (Å²) in [4.78, 5) is 12.4. The van der Waals surface area contributed by atoms with Crippen molar-refractivity contribution >= 4 is 21.7 Å². The molecule has 0 spiro atoms. The summed E-state index contributed by atoms with van der Waals surface area (Å²) < 4.78 is 7.04.